The smallest absolute Gasteiger partial charge is 0.269 e. The zero-order chi connectivity index (χ0) is 13.0. The molecule has 1 aromatic carbocycles. The first-order valence-electron chi connectivity index (χ1n) is 6.40. The van der Waals surface area contributed by atoms with E-state index in [0.29, 0.717) is 6.04 Å². The molecule has 2 atom stereocenters. The van der Waals surface area contributed by atoms with Gasteiger partial charge >= 0.3 is 0 Å². The van der Waals surface area contributed by atoms with Crippen LogP contribution in [0.3, 0.4) is 0 Å². The van der Waals surface area contributed by atoms with Gasteiger partial charge in [-0.2, -0.15) is 0 Å². The molecule has 1 saturated heterocycles. The van der Waals surface area contributed by atoms with Gasteiger partial charge < -0.3 is 5.73 Å². The highest BCUT2D eigenvalue weighted by Gasteiger charge is 2.16. The molecule has 0 aliphatic carbocycles. The van der Waals surface area contributed by atoms with Crippen LogP contribution < -0.4 is 11.1 Å². The van der Waals surface area contributed by atoms with E-state index in [1.165, 1.54) is 12.8 Å². The van der Waals surface area contributed by atoms with E-state index < -0.39 is 0 Å². The Hall–Kier alpha value is -1.46. The van der Waals surface area contributed by atoms with Crippen LogP contribution in [0.5, 0.6) is 0 Å². The number of nitro benzene ring substituents is 1. The van der Waals surface area contributed by atoms with Gasteiger partial charge in [0, 0.05) is 18.2 Å². The van der Waals surface area contributed by atoms with Gasteiger partial charge in [-0.3, -0.25) is 15.4 Å². The van der Waals surface area contributed by atoms with E-state index in [9.17, 15) is 10.1 Å². The molecule has 5 heteroatoms. The van der Waals surface area contributed by atoms with Crippen LogP contribution in [0.25, 0.3) is 0 Å². The maximum Gasteiger partial charge on any atom is 0.269 e. The molecule has 5 nitrogen and oxygen atoms in total. The quantitative estimate of drug-likeness (QED) is 0.633. The molecule has 0 amide bonds. The van der Waals surface area contributed by atoms with Gasteiger partial charge in [0.25, 0.3) is 5.69 Å². The number of hydrogen-bond donors (Lipinski definition) is 2. The molecule has 98 valence electrons. The Morgan fingerprint density at radius 1 is 1.28 bits per heavy atom. The lowest BCUT2D eigenvalue weighted by Crippen LogP contribution is -2.43. The summed E-state index contributed by atoms with van der Waals surface area (Å²) < 4.78 is 0. The summed E-state index contributed by atoms with van der Waals surface area (Å²) in [7, 11) is 0. The zero-order valence-electron chi connectivity index (χ0n) is 10.3. The van der Waals surface area contributed by atoms with Crippen LogP contribution in [0, 0.1) is 10.1 Å². The Balaban J connectivity index is 1.97. The second kappa shape index (κ2) is 5.93. The normalized spacial score (nSPS) is 24.5. The van der Waals surface area contributed by atoms with E-state index in [1.807, 2.05) is 12.1 Å². The first-order chi connectivity index (χ1) is 8.65. The highest BCUT2D eigenvalue weighted by Crippen LogP contribution is 2.17. The Labute approximate surface area is 107 Å². The first-order valence-corrected chi connectivity index (χ1v) is 6.40. The van der Waals surface area contributed by atoms with E-state index in [-0.39, 0.29) is 16.8 Å². The van der Waals surface area contributed by atoms with E-state index in [2.05, 4.69) is 5.32 Å². The predicted molar refractivity (Wildman–Crippen MR) is 70.2 cm³/mol. The predicted octanol–water partition coefficient (Wildman–Crippen LogP) is 1.95. The topological polar surface area (TPSA) is 81.2 Å². The molecule has 18 heavy (non-hydrogen) atoms. The minimum absolute atomic E-state index is 0.0792. The molecule has 1 heterocycles. The lowest BCUT2D eigenvalue weighted by atomic mass is 10.0. The second-order valence-electron chi connectivity index (χ2n) is 4.88. The third kappa shape index (κ3) is 3.51. The van der Waals surface area contributed by atoms with Crippen LogP contribution in [-0.2, 0) is 6.42 Å². The van der Waals surface area contributed by atoms with Gasteiger partial charge in [-0.1, -0.05) is 25.0 Å². The number of nitrogens with two attached hydrogens (primary N) is 1. The van der Waals surface area contributed by atoms with Crippen molar-refractivity contribution < 1.29 is 4.92 Å². The molecule has 2 rings (SSSR count). The van der Waals surface area contributed by atoms with Crippen molar-refractivity contribution in [2.75, 3.05) is 0 Å². The summed E-state index contributed by atoms with van der Waals surface area (Å²) in [6.45, 7) is 0. The lowest BCUT2D eigenvalue weighted by molar-refractivity contribution is -0.384. The maximum atomic E-state index is 10.6. The molecule has 0 spiro atoms. The fourth-order valence-electron chi connectivity index (χ4n) is 2.42. The summed E-state index contributed by atoms with van der Waals surface area (Å²) in [4.78, 5) is 10.2. The molecular formula is C13H19N3O2. The monoisotopic (exact) mass is 249 g/mol. The van der Waals surface area contributed by atoms with Gasteiger partial charge in [0.1, 0.15) is 0 Å². The van der Waals surface area contributed by atoms with Crippen molar-refractivity contribution in [3.8, 4) is 0 Å². The average Bonchev–Trinajstić information content (AvgIpc) is 2.54. The van der Waals surface area contributed by atoms with Crippen LogP contribution in [0.4, 0.5) is 5.69 Å². The number of nitro groups is 1. The summed E-state index contributed by atoms with van der Waals surface area (Å²) in [5.74, 6) is 0. The number of nitrogens with zero attached hydrogens (tertiary/aromatic N) is 1. The standard InChI is InChI=1S/C13H19N3O2/c14-13-4-2-1-3-11(15-13)9-10-5-7-12(8-6-10)16(17)18/h5-8,11,13,15H,1-4,9,14H2. The molecule has 2 unspecified atom stereocenters. The summed E-state index contributed by atoms with van der Waals surface area (Å²) in [6.07, 6.45) is 5.46. The molecular weight excluding hydrogens is 230 g/mol. The van der Waals surface area contributed by atoms with Crippen molar-refractivity contribution >= 4 is 5.69 Å². The van der Waals surface area contributed by atoms with Crippen LogP contribution >= 0.6 is 0 Å². The fraction of sp³-hybridized carbons (Fsp3) is 0.538. The number of non-ortho nitro benzene ring substituents is 1. The molecule has 1 aliphatic heterocycles. The summed E-state index contributed by atoms with van der Waals surface area (Å²) in [6, 6.07) is 7.16. The van der Waals surface area contributed by atoms with Crippen molar-refractivity contribution in [2.24, 2.45) is 5.73 Å². The molecule has 0 bridgehead atoms. The van der Waals surface area contributed by atoms with Crippen molar-refractivity contribution in [1.29, 1.82) is 0 Å². The lowest BCUT2D eigenvalue weighted by Gasteiger charge is -2.19. The van der Waals surface area contributed by atoms with Gasteiger partial charge in [-0.25, -0.2) is 0 Å². The highest BCUT2D eigenvalue weighted by molar-refractivity contribution is 5.33. The van der Waals surface area contributed by atoms with Crippen molar-refractivity contribution in [2.45, 2.75) is 44.3 Å². The molecule has 0 radical (unpaired) electrons. The van der Waals surface area contributed by atoms with Gasteiger partial charge in [0.2, 0.25) is 0 Å². The number of hydrogen-bond acceptors (Lipinski definition) is 4. The third-order valence-corrected chi connectivity index (χ3v) is 3.40. The summed E-state index contributed by atoms with van der Waals surface area (Å²) >= 11 is 0. The second-order valence-corrected chi connectivity index (χ2v) is 4.88. The van der Waals surface area contributed by atoms with Gasteiger partial charge in [-0.05, 0) is 24.8 Å². The maximum absolute atomic E-state index is 10.6. The summed E-state index contributed by atoms with van der Waals surface area (Å²) in [5.41, 5.74) is 7.20. The Kier molecular flexibility index (Phi) is 4.28. The van der Waals surface area contributed by atoms with Crippen LogP contribution in [0.15, 0.2) is 24.3 Å². The molecule has 3 N–H and O–H groups in total. The fourth-order valence-corrected chi connectivity index (χ4v) is 2.42. The average molecular weight is 249 g/mol. The molecule has 0 aromatic heterocycles. The molecule has 1 aromatic rings. The van der Waals surface area contributed by atoms with Gasteiger partial charge in [-0.15, -0.1) is 0 Å². The van der Waals surface area contributed by atoms with E-state index in [4.69, 9.17) is 5.73 Å². The number of rotatable bonds is 3. The van der Waals surface area contributed by atoms with Crippen LogP contribution in [0.1, 0.15) is 31.2 Å². The van der Waals surface area contributed by atoms with Gasteiger partial charge in [0.05, 0.1) is 11.1 Å². The molecule has 1 fully saturated rings. The molecule has 0 saturated carbocycles. The van der Waals surface area contributed by atoms with Crippen LogP contribution in [0.2, 0.25) is 0 Å². The minimum atomic E-state index is -0.371. The minimum Gasteiger partial charge on any atom is -0.316 e. The SMILES string of the molecule is NC1CCCCC(Cc2ccc([N+](=O)[O-])cc2)N1. The van der Waals surface area contributed by atoms with Crippen LogP contribution in [-0.4, -0.2) is 17.1 Å². The van der Waals surface area contributed by atoms with Crippen molar-refractivity contribution in [3.05, 3.63) is 39.9 Å². The third-order valence-electron chi connectivity index (χ3n) is 3.40. The number of benzene rings is 1. The first kappa shape index (κ1) is 13.0. The van der Waals surface area contributed by atoms with E-state index >= 15 is 0 Å². The zero-order valence-corrected chi connectivity index (χ0v) is 10.3. The highest BCUT2D eigenvalue weighted by atomic mass is 16.6. The van der Waals surface area contributed by atoms with Crippen molar-refractivity contribution in [1.82, 2.24) is 5.32 Å². The summed E-state index contributed by atoms with van der Waals surface area (Å²) in [5, 5.41) is 14.0. The van der Waals surface area contributed by atoms with Crippen molar-refractivity contribution in [3.63, 3.8) is 0 Å². The largest absolute Gasteiger partial charge is 0.316 e. The molecule has 1 aliphatic rings. The Bertz CT molecular complexity index is 405. The Morgan fingerprint density at radius 3 is 2.61 bits per heavy atom. The van der Waals surface area contributed by atoms with E-state index in [1.54, 1.807) is 12.1 Å². The number of nitrogens with one attached hydrogen (secondary N) is 1. The Morgan fingerprint density at radius 2 is 1.94 bits per heavy atom. The van der Waals surface area contributed by atoms with E-state index in [0.717, 1.165) is 24.8 Å². The van der Waals surface area contributed by atoms with Gasteiger partial charge in [0.15, 0.2) is 0 Å².